The highest BCUT2D eigenvalue weighted by atomic mass is 15.0. The van der Waals surface area contributed by atoms with Gasteiger partial charge in [0.25, 0.3) is 0 Å². The molecule has 0 fully saturated rings. The van der Waals surface area contributed by atoms with Gasteiger partial charge in [0, 0.05) is 38.6 Å². The first-order valence-corrected chi connectivity index (χ1v) is 17.9. The molecule has 10 rings (SSSR count). The Hall–Kier alpha value is -6.71. The van der Waals surface area contributed by atoms with Crippen LogP contribution in [-0.2, 0) is 6.54 Å². The van der Waals surface area contributed by atoms with Gasteiger partial charge >= 0.3 is 0 Å². The van der Waals surface area contributed by atoms with Crippen molar-refractivity contribution in [2.24, 2.45) is 4.99 Å². The van der Waals surface area contributed by atoms with Crippen molar-refractivity contribution in [3.05, 3.63) is 193 Å². The highest BCUT2D eigenvalue weighted by Gasteiger charge is 2.16. The normalized spacial score (nSPS) is 12.1. The SMILES string of the molecule is CC(=NCc1ccc2ccccc2c1)c1ccc(-n2c3ccccc3c3cc(-c4ccc5c(c4)c4ccccc4n5-c4ccccc4)ccc32)cc1. The Morgan fingerprint density at radius 2 is 0.942 bits per heavy atom. The number of hydrogen-bond acceptors (Lipinski definition) is 1. The fourth-order valence-electron chi connectivity index (χ4n) is 7.93. The van der Waals surface area contributed by atoms with Gasteiger partial charge in [-0.25, -0.2) is 0 Å². The van der Waals surface area contributed by atoms with E-state index in [2.05, 4.69) is 198 Å². The average Bonchev–Trinajstić information content (AvgIpc) is 3.72. The maximum Gasteiger partial charge on any atom is 0.0643 e. The first-order valence-electron chi connectivity index (χ1n) is 17.9. The summed E-state index contributed by atoms with van der Waals surface area (Å²) in [5, 5.41) is 7.53. The van der Waals surface area contributed by atoms with Crippen molar-refractivity contribution in [2.75, 3.05) is 0 Å². The van der Waals surface area contributed by atoms with Gasteiger partial charge in [0.1, 0.15) is 0 Å². The molecule has 0 aliphatic heterocycles. The average molecular weight is 666 g/mol. The first kappa shape index (κ1) is 30.1. The molecule has 246 valence electrons. The molecule has 0 atom stereocenters. The zero-order valence-corrected chi connectivity index (χ0v) is 28.9. The zero-order valence-electron chi connectivity index (χ0n) is 28.9. The van der Waals surface area contributed by atoms with Gasteiger partial charge < -0.3 is 9.13 Å². The van der Waals surface area contributed by atoms with Gasteiger partial charge in [-0.15, -0.1) is 0 Å². The third-order valence-electron chi connectivity index (χ3n) is 10.5. The Balaban J connectivity index is 1.01. The van der Waals surface area contributed by atoms with Crippen molar-refractivity contribution >= 4 is 60.1 Å². The van der Waals surface area contributed by atoms with Crippen molar-refractivity contribution in [3.63, 3.8) is 0 Å². The van der Waals surface area contributed by atoms with Gasteiger partial charge in [0.05, 0.1) is 28.6 Å². The zero-order chi connectivity index (χ0) is 34.6. The lowest BCUT2D eigenvalue weighted by Crippen LogP contribution is -1.98. The lowest BCUT2D eigenvalue weighted by molar-refractivity contribution is 1.07. The quantitative estimate of drug-likeness (QED) is 0.158. The van der Waals surface area contributed by atoms with Gasteiger partial charge in [-0.3, -0.25) is 4.99 Å². The summed E-state index contributed by atoms with van der Waals surface area (Å²) in [4.78, 5) is 4.96. The summed E-state index contributed by atoms with van der Waals surface area (Å²) in [5.74, 6) is 0. The fraction of sp³-hybridized carbons (Fsp3) is 0.0408. The standard InChI is InChI=1S/C49H35N3/c1-33(50-32-34-19-20-36-11-5-6-12-37(36)29-34)35-21-25-41(26-22-35)52-47-18-10-8-16-43(47)45-31-39(24-28-49(45)52)38-23-27-48-44(30-38)42-15-7-9-17-46(42)51(48)40-13-3-2-4-14-40/h2-31H,32H2,1H3. The van der Waals surface area contributed by atoms with Crippen LogP contribution in [0.1, 0.15) is 18.1 Å². The molecule has 0 aliphatic carbocycles. The molecular formula is C49H35N3. The fourth-order valence-corrected chi connectivity index (χ4v) is 7.93. The Bertz CT molecular complexity index is 2980. The number of benzene rings is 8. The van der Waals surface area contributed by atoms with E-state index >= 15 is 0 Å². The number of aromatic nitrogens is 2. The van der Waals surface area contributed by atoms with Crippen LogP contribution in [-0.4, -0.2) is 14.8 Å². The highest BCUT2D eigenvalue weighted by Crippen LogP contribution is 2.38. The van der Waals surface area contributed by atoms with E-state index in [-0.39, 0.29) is 0 Å². The Labute approximate surface area is 302 Å². The summed E-state index contributed by atoms with van der Waals surface area (Å²) in [6.07, 6.45) is 0. The van der Waals surface area contributed by atoms with E-state index < -0.39 is 0 Å². The van der Waals surface area contributed by atoms with Crippen LogP contribution in [0.15, 0.2) is 187 Å². The second kappa shape index (κ2) is 12.3. The second-order valence-electron chi connectivity index (χ2n) is 13.6. The van der Waals surface area contributed by atoms with Gasteiger partial charge in [-0.05, 0) is 107 Å². The topological polar surface area (TPSA) is 22.2 Å². The number of aliphatic imine (C=N–C) groups is 1. The van der Waals surface area contributed by atoms with Crippen LogP contribution in [0.2, 0.25) is 0 Å². The van der Waals surface area contributed by atoms with E-state index in [4.69, 9.17) is 4.99 Å². The molecule has 0 saturated heterocycles. The predicted octanol–water partition coefficient (Wildman–Crippen LogP) is 12.7. The van der Waals surface area contributed by atoms with E-state index in [1.54, 1.807) is 0 Å². The van der Waals surface area contributed by atoms with Crippen LogP contribution in [0.25, 0.3) is 76.9 Å². The summed E-state index contributed by atoms with van der Waals surface area (Å²) in [6.45, 7) is 2.77. The van der Waals surface area contributed by atoms with Crippen molar-refractivity contribution in [3.8, 4) is 22.5 Å². The Morgan fingerprint density at radius 1 is 0.423 bits per heavy atom. The van der Waals surface area contributed by atoms with Crippen LogP contribution in [0.3, 0.4) is 0 Å². The van der Waals surface area contributed by atoms with E-state index in [1.807, 2.05) is 0 Å². The lowest BCUT2D eigenvalue weighted by atomic mass is 10.0. The number of fused-ring (bicyclic) bond motifs is 7. The van der Waals surface area contributed by atoms with Gasteiger partial charge in [-0.1, -0.05) is 115 Å². The molecule has 3 nitrogen and oxygen atoms in total. The minimum Gasteiger partial charge on any atom is -0.309 e. The van der Waals surface area contributed by atoms with Crippen LogP contribution in [0, 0.1) is 0 Å². The molecule has 3 heteroatoms. The van der Waals surface area contributed by atoms with E-state index in [9.17, 15) is 0 Å². The molecule has 0 radical (unpaired) electrons. The van der Waals surface area contributed by atoms with Crippen LogP contribution < -0.4 is 0 Å². The van der Waals surface area contributed by atoms with Crippen molar-refractivity contribution in [1.29, 1.82) is 0 Å². The van der Waals surface area contributed by atoms with E-state index in [1.165, 1.54) is 76.8 Å². The van der Waals surface area contributed by atoms with Crippen molar-refractivity contribution in [1.82, 2.24) is 9.13 Å². The minimum atomic E-state index is 0.662. The van der Waals surface area contributed by atoms with Crippen LogP contribution in [0.4, 0.5) is 0 Å². The van der Waals surface area contributed by atoms with E-state index in [0.717, 1.165) is 17.0 Å². The number of hydrogen-bond donors (Lipinski definition) is 0. The van der Waals surface area contributed by atoms with Crippen molar-refractivity contribution < 1.29 is 0 Å². The summed E-state index contributed by atoms with van der Waals surface area (Å²) in [5.41, 5.74) is 13.0. The molecule has 0 aliphatic rings. The third-order valence-corrected chi connectivity index (χ3v) is 10.5. The third kappa shape index (κ3) is 5.01. The number of para-hydroxylation sites is 3. The summed E-state index contributed by atoms with van der Waals surface area (Å²) >= 11 is 0. The highest BCUT2D eigenvalue weighted by molar-refractivity contribution is 6.12. The molecule has 8 aromatic carbocycles. The molecule has 2 aromatic heterocycles. The lowest BCUT2D eigenvalue weighted by Gasteiger charge is -2.10. The second-order valence-corrected chi connectivity index (χ2v) is 13.6. The largest absolute Gasteiger partial charge is 0.309 e. The minimum absolute atomic E-state index is 0.662. The summed E-state index contributed by atoms with van der Waals surface area (Å²) in [6, 6.07) is 65.9. The van der Waals surface area contributed by atoms with Crippen LogP contribution in [0.5, 0.6) is 0 Å². The Morgan fingerprint density at radius 3 is 1.58 bits per heavy atom. The molecule has 0 N–H and O–H groups in total. The smallest absolute Gasteiger partial charge is 0.0643 e. The Kier molecular flexibility index (Phi) is 7.10. The number of nitrogens with zero attached hydrogens (tertiary/aromatic N) is 3. The van der Waals surface area contributed by atoms with Crippen molar-refractivity contribution in [2.45, 2.75) is 13.5 Å². The van der Waals surface area contributed by atoms with Gasteiger partial charge in [-0.2, -0.15) is 0 Å². The summed E-state index contributed by atoms with van der Waals surface area (Å²) in [7, 11) is 0. The molecule has 2 heterocycles. The summed E-state index contributed by atoms with van der Waals surface area (Å²) < 4.78 is 4.76. The molecule has 0 saturated carbocycles. The van der Waals surface area contributed by atoms with E-state index in [0.29, 0.717) is 6.54 Å². The van der Waals surface area contributed by atoms with Gasteiger partial charge in [0.15, 0.2) is 0 Å². The molecule has 0 amide bonds. The number of rotatable bonds is 6. The molecular weight excluding hydrogens is 631 g/mol. The molecule has 0 unspecified atom stereocenters. The molecule has 0 bridgehead atoms. The maximum absolute atomic E-state index is 4.96. The van der Waals surface area contributed by atoms with Gasteiger partial charge in [0.2, 0.25) is 0 Å². The predicted molar refractivity (Wildman–Crippen MR) is 220 cm³/mol. The molecule has 52 heavy (non-hydrogen) atoms. The monoisotopic (exact) mass is 665 g/mol. The molecule has 0 spiro atoms. The maximum atomic E-state index is 4.96. The van der Waals surface area contributed by atoms with Crippen LogP contribution >= 0.6 is 0 Å². The molecule has 10 aromatic rings. The first-order chi connectivity index (χ1) is 25.7.